The van der Waals surface area contributed by atoms with E-state index in [0.29, 0.717) is 20.9 Å². The Bertz CT molecular complexity index is 1080. The van der Waals surface area contributed by atoms with Crippen LogP contribution in [0.4, 0.5) is 17.6 Å². The Kier molecular flexibility index (Phi) is 8.42. The molecule has 0 saturated carbocycles. The van der Waals surface area contributed by atoms with Crippen molar-refractivity contribution in [1.29, 1.82) is 0 Å². The zero-order chi connectivity index (χ0) is 23.3. The van der Waals surface area contributed by atoms with Gasteiger partial charge in [0.25, 0.3) is 0 Å². The molecule has 31 heavy (non-hydrogen) atoms. The maximum absolute atomic E-state index is 14.2. The molecule has 0 aliphatic carbocycles. The van der Waals surface area contributed by atoms with Crippen molar-refractivity contribution in [2.45, 2.75) is 50.1 Å². The highest BCUT2D eigenvalue weighted by molar-refractivity contribution is 7.99. The third-order valence-electron chi connectivity index (χ3n) is 4.23. The fourth-order valence-electron chi connectivity index (χ4n) is 2.98. The zero-order valence-electron chi connectivity index (χ0n) is 17.4. The molecule has 168 valence electrons. The minimum Gasteiger partial charge on any atom is -0.466 e. The number of aromatic nitrogens is 1. The third-order valence-corrected chi connectivity index (χ3v) is 5.75. The van der Waals surface area contributed by atoms with Crippen molar-refractivity contribution in [2.24, 2.45) is 0 Å². The van der Waals surface area contributed by atoms with Crippen LogP contribution in [0.1, 0.15) is 37.6 Å². The summed E-state index contributed by atoms with van der Waals surface area (Å²) in [5.41, 5.74) is -0.176. The van der Waals surface area contributed by atoms with Gasteiger partial charge in [-0.15, -0.1) is 0 Å². The summed E-state index contributed by atoms with van der Waals surface area (Å²) in [7, 11) is 0. The first-order chi connectivity index (χ1) is 14.6. The summed E-state index contributed by atoms with van der Waals surface area (Å²) in [6.07, 6.45) is -5.09. The average Bonchev–Trinajstić information content (AvgIpc) is 3.02. The summed E-state index contributed by atoms with van der Waals surface area (Å²) in [6.45, 7) is 7.40. The van der Waals surface area contributed by atoms with Crippen molar-refractivity contribution in [3.05, 3.63) is 58.0 Å². The maximum Gasteiger partial charge on any atom is 0.416 e. The van der Waals surface area contributed by atoms with Gasteiger partial charge in [-0.1, -0.05) is 37.2 Å². The molecule has 1 N–H and O–H groups in total. The van der Waals surface area contributed by atoms with E-state index in [2.05, 4.69) is 4.98 Å². The largest absolute Gasteiger partial charge is 0.466 e. The molecule has 1 heterocycles. The number of fused-ring (bicyclic) bond motifs is 1. The summed E-state index contributed by atoms with van der Waals surface area (Å²) < 4.78 is 59.0. The number of ether oxygens (including phenoxy) is 1. The van der Waals surface area contributed by atoms with Gasteiger partial charge in [-0.2, -0.15) is 13.2 Å². The number of H-pyrrole nitrogens is 1. The highest BCUT2D eigenvalue weighted by Gasteiger charge is 2.34. The standard InChI is InChI=1S/C20H16ClF4NO2S.C2H6/c1-3-28-16(27)9-11-8-12(4-6-14(11)20(23,24)25)29-19-10(2)26-18-13(19)5-7-15(21)17(18)22;1-2/h4-8,26H,3,9H2,1-2H3;1-2H3. The van der Waals surface area contributed by atoms with Crippen LogP contribution in [0.25, 0.3) is 10.9 Å². The first kappa shape index (κ1) is 25.1. The third kappa shape index (κ3) is 5.74. The molecule has 0 fully saturated rings. The molecule has 3 nitrogen and oxygen atoms in total. The molecule has 0 atom stereocenters. The van der Waals surface area contributed by atoms with E-state index in [9.17, 15) is 22.4 Å². The van der Waals surface area contributed by atoms with Crippen LogP contribution in [0.5, 0.6) is 0 Å². The maximum atomic E-state index is 14.2. The number of halogens is 5. The molecule has 0 radical (unpaired) electrons. The Morgan fingerprint density at radius 1 is 1.19 bits per heavy atom. The van der Waals surface area contributed by atoms with Gasteiger partial charge in [-0.3, -0.25) is 4.79 Å². The monoisotopic (exact) mass is 475 g/mol. The van der Waals surface area contributed by atoms with Gasteiger partial charge in [-0.05, 0) is 49.7 Å². The Morgan fingerprint density at radius 3 is 2.48 bits per heavy atom. The Morgan fingerprint density at radius 2 is 1.87 bits per heavy atom. The molecule has 0 amide bonds. The van der Waals surface area contributed by atoms with Crippen LogP contribution in [0.2, 0.25) is 5.02 Å². The zero-order valence-corrected chi connectivity index (χ0v) is 19.0. The van der Waals surface area contributed by atoms with Gasteiger partial charge in [0.05, 0.1) is 29.1 Å². The van der Waals surface area contributed by atoms with Crippen LogP contribution >= 0.6 is 23.4 Å². The fourth-order valence-corrected chi connectivity index (χ4v) is 4.20. The van der Waals surface area contributed by atoms with Crippen molar-refractivity contribution >= 4 is 40.2 Å². The number of esters is 1. The first-order valence-electron chi connectivity index (χ1n) is 9.61. The van der Waals surface area contributed by atoms with Crippen molar-refractivity contribution in [3.8, 4) is 0 Å². The second-order valence-electron chi connectivity index (χ2n) is 6.26. The number of benzene rings is 2. The van der Waals surface area contributed by atoms with Gasteiger partial charge in [-0.25, -0.2) is 4.39 Å². The fraction of sp³-hybridized carbons (Fsp3) is 0.318. The van der Waals surface area contributed by atoms with E-state index >= 15 is 0 Å². The topological polar surface area (TPSA) is 42.1 Å². The van der Waals surface area contributed by atoms with Crippen LogP contribution in [-0.2, 0) is 22.1 Å². The number of nitrogens with one attached hydrogen (secondary N) is 1. The number of rotatable bonds is 5. The number of hydrogen-bond acceptors (Lipinski definition) is 3. The lowest BCUT2D eigenvalue weighted by Gasteiger charge is -2.14. The highest BCUT2D eigenvalue weighted by atomic mass is 35.5. The van der Waals surface area contributed by atoms with Crippen LogP contribution in [0.15, 0.2) is 40.1 Å². The predicted molar refractivity (Wildman–Crippen MR) is 115 cm³/mol. The number of carbonyl (C=O) groups is 1. The predicted octanol–water partition coefficient (Wildman–Crippen LogP) is 7.57. The van der Waals surface area contributed by atoms with E-state index in [4.69, 9.17) is 16.3 Å². The van der Waals surface area contributed by atoms with Crippen LogP contribution in [0, 0.1) is 12.7 Å². The van der Waals surface area contributed by atoms with Gasteiger partial charge in [0.15, 0.2) is 5.82 Å². The molecule has 0 bridgehead atoms. The Labute approximate surface area is 187 Å². The summed E-state index contributed by atoms with van der Waals surface area (Å²) in [4.78, 5) is 15.8. The summed E-state index contributed by atoms with van der Waals surface area (Å²) in [5, 5.41) is 0.544. The Balaban J connectivity index is 0.00000166. The van der Waals surface area contributed by atoms with E-state index in [1.165, 1.54) is 30.0 Å². The molecule has 3 rings (SSSR count). The van der Waals surface area contributed by atoms with Crippen molar-refractivity contribution < 1.29 is 27.1 Å². The van der Waals surface area contributed by atoms with E-state index in [1.54, 1.807) is 19.9 Å². The van der Waals surface area contributed by atoms with Gasteiger partial charge in [0.1, 0.15) is 0 Å². The smallest absolute Gasteiger partial charge is 0.416 e. The number of aryl methyl sites for hydroxylation is 1. The molecule has 0 aliphatic rings. The quantitative estimate of drug-likeness (QED) is 0.305. The molecular formula is C22H22ClF4NO2S. The van der Waals surface area contributed by atoms with Crippen LogP contribution < -0.4 is 0 Å². The van der Waals surface area contributed by atoms with Gasteiger partial charge in [0, 0.05) is 20.9 Å². The lowest BCUT2D eigenvalue weighted by Crippen LogP contribution is -2.14. The molecule has 0 saturated heterocycles. The minimum atomic E-state index is -4.60. The molecule has 0 aliphatic heterocycles. The van der Waals surface area contributed by atoms with Crippen LogP contribution in [-0.4, -0.2) is 17.6 Å². The van der Waals surface area contributed by atoms with E-state index in [0.717, 1.165) is 6.07 Å². The molecular weight excluding hydrogens is 454 g/mol. The molecule has 3 aromatic rings. The number of alkyl halides is 3. The highest BCUT2D eigenvalue weighted by Crippen LogP contribution is 2.40. The molecule has 1 aromatic heterocycles. The van der Waals surface area contributed by atoms with E-state index in [-0.39, 0.29) is 22.7 Å². The van der Waals surface area contributed by atoms with Crippen LogP contribution in [0.3, 0.4) is 0 Å². The summed E-state index contributed by atoms with van der Waals surface area (Å²) in [5.74, 6) is -1.32. The molecule has 2 aromatic carbocycles. The number of aromatic amines is 1. The lowest BCUT2D eigenvalue weighted by atomic mass is 10.0. The minimum absolute atomic E-state index is 0.0263. The van der Waals surface area contributed by atoms with E-state index < -0.39 is 29.9 Å². The van der Waals surface area contributed by atoms with Crippen molar-refractivity contribution in [3.63, 3.8) is 0 Å². The Hall–Kier alpha value is -2.19. The molecule has 0 spiro atoms. The average molecular weight is 476 g/mol. The second kappa shape index (κ2) is 10.4. The SMILES string of the molecule is CC.CCOC(=O)Cc1cc(Sc2c(C)[nH]c3c(F)c(Cl)ccc23)ccc1C(F)(F)F. The lowest BCUT2D eigenvalue weighted by molar-refractivity contribution is -0.143. The molecule has 9 heteroatoms. The number of carbonyl (C=O) groups excluding carboxylic acids is 1. The molecule has 0 unspecified atom stereocenters. The van der Waals surface area contributed by atoms with Crippen molar-refractivity contribution in [1.82, 2.24) is 4.98 Å². The summed E-state index contributed by atoms with van der Waals surface area (Å²) in [6, 6.07) is 6.66. The van der Waals surface area contributed by atoms with Crippen molar-refractivity contribution in [2.75, 3.05) is 6.61 Å². The van der Waals surface area contributed by atoms with Gasteiger partial charge < -0.3 is 9.72 Å². The van der Waals surface area contributed by atoms with E-state index in [1.807, 2.05) is 13.8 Å². The van der Waals surface area contributed by atoms with Gasteiger partial charge in [0.2, 0.25) is 0 Å². The summed E-state index contributed by atoms with van der Waals surface area (Å²) >= 11 is 6.99. The number of hydrogen-bond donors (Lipinski definition) is 1. The first-order valence-corrected chi connectivity index (χ1v) is 10.8. The normalized spacial score (nSPS) is 11.3. The second-order valence-corrected chi connectivity index (χ2v) is 7.75. The van der Waals surface area contributed by atoms with Gasteiger partial charge >= 0.3 is 12.1 Å².